The molecule has 13 heavy (non-hydrogen) atoms. The molecule has 2 nitrogen and oxygen atoms in total. The first kappa shape index (κ1) is 12.2. The average Bonchev–Trinajstić information content (AvgIpc) is 2.20. The maximum Gasteiger partial charge on any atom is 0.119 e. The highest BCUT2D eigenvalue weighted by Gasteiger charge is 1.90. The van der Waals surface area contributed by atoms with Crippen LogP contribution >= 0.6 is 12.6 Å². The van der Waals surface area contributed by atoms with E-state index in [4.69, 9.17) is 10.5 Å². The Morgan fingerprint density at radius 3 is 2.23 bits per heavy atom. The van der Waals surface area contributed by atoms with E-state index in [1.807, 2.05) is 38.1 Å². The third-order valence-corrected chi connectivity index (χ3v) is 1.42. The van der Waals surface area contributed by atoms with Crippen molar-refractivity contribution in [2.75, 3.05) is 18.1 Å². The van der Waals surface area contributed by atoms with Crippen molar-refractivity contribution in [3.05, 3.63) is 24.3 Å². The number of hydrogen-bond donors (Lipinski definition) is 2. The molecule has 74 valence electrons. The van der Waals surface area contributed by atoms with Crippen molar-refractivity contribution >= 4 is 18.3 Å². The number of nitrogen functional groups attached to an aromatic ring is 1. The highest BCUT2D eigenvalue weighted by Crippen LogP contribution is 2.12. The maximum atomic E-state index is 5.48. The molecule has 1 rings (SSSR count). The fraction of sp³-hybridized carbons (Fsp3) is 0.400. The van der Waals surface area contributed by atoms with Crippen LogP contribution in [0.3, 0.4) is 0 Å². The van der Waals surface area contributed by atoms with Crippen LogP contribution in [0, 0.1) is 0 Å². The van der Waals surface area contributed by atoms with E-state index in [1.54, 1.807) is 0 Å². The van der Waals surface area contributed by atoms with Crippen LogP contribution in [0.15, 0.2) is 24.3 Å². The van der Waals surface area contributed by atoms with E-state index in [0.29, 0.717) is 6.61 Å². The molecule has 0 fully saturated rings. The molecule has 0 aliphatic carbocycles. The molecule has 0 aromatic heterocycles. The molecule has 0 heterocycles. The van der Waals surface area contributed by atoms with Crippen molar-refractivity contribution < 1.29 is 4.74 Å². The lowest BCUT2D eigenvalue weighted by molar-refractivity contribution is 0.344. The van der Waals surface area contributed by atoms with Gasteiger partial charge >= 0.3 is 0 Å². The Morgan fingerprint density at radius 1 is 1.23 bits per heavy atom. The highest BCUT2D eigenvalue weighted by atomic mass is 32.1. The van der Waals surface area contributed by atoms with Gasteiger partial charge in [0.2, 0.25) is 0 Å². The van der Waals surface area contributed by atoms with Gasteiger partial charge in [-0.05, 0) is 24.3 Å². The molecule has 0 unspecified atom stereocenters. The lowest BCUT2D eigenvalue weighted by Gasteiger charge is -2.02. The predicted octanol–water partition coefficient (Wildman–Crippen LogP) is 2.60. The molecule has 0 spiro atoms. The van der Waals surface area contributed by atoms with Crippen molar-refractivity contribution in [3.63, 3.8) is 0 Å². The monoisotopic (exact) mass is 199 g/mol. The molecule has 1 aromatic carbocycles. The minimum Gasteiger partial charge on any atom is -0.493 e. The van der Waals surface area contributed by atoms with Gasteiger partial charge in [-0.3, -0.25) is 0 Å². The SMILES string of the molecule is CC.Nc1ccc(OCCS)cc1. The summed E-state index contributed by atoms with van der Waals surface area (Å²) in [4.78, 5) is 0. The molecule has 0 amide bonds. The smallest absolute Gasteiger partial charge is 0.119 e. The minimum absolute atomic E-state index is 0.632. The standard InChI is InChI=1S/C8H11NOS.C2H6/c9-7-1-3-8(4-2-7)10-5-6-11;1-2/h1-4,11H,5-6,9H2;1-2H3. The quantitative estimate of drug-likeness (QED) is 0.580. The molecular weight excluding hydrogens is 182 g/mol. The van der Waals surface area contributed by atoms with Gasteiger partial charge in [0.25, 0.3) is 0 Å². The van der Waals surface area contributed by atoms with Gasteiger partial charge in [0.1, 0.15) is 5.75 Å². The fourth-order valence-corrected chi connectivity index (χ4v) is 0.819. The number of nitrogens with two attached hydrogens (primary N) is 1. The maximum absolute atomic E-state index is 5.48. The topological polar surface area (TPSA) is 35.2 Å². The van der Waals surface area contributed by atoms with Gasteiger partial charge < -0.3 is 10.5 Å². The average molecular weight is 199 g/mol. The third kappa shape index (κ3) is 5.42. The summed E-state index contributed by atoms with van der Waals surface area (Å²) < 4.78 is 5.28. The molecule has 0 bridgehead atoms. The van der Waals surface area contributed by atoms with Gasteiger partial charge in [-0.15, -0.1) is 0 Å². The number of benzene rings is 1. The summed E-state index contributed by atoms with van der Waals surface area (Å²) in [5, 5.41) is 0. The van der Waals surface area contributed by atoms with E-state index in [1.165, 1.54) is 0 Å². The van der Waals surface area contributed by atoms with E-state index in [2.05, 4.69) is 12.6 Å². The molecule has 0 saturated heterocycles. The second kappa shape index (κ2) is 7.80. The van der Waals surface area contributed by atoms with Gasteiger partial charge in [0.05, 0.1) is 6.61 Å². The Labute approximate surface area is 85.5 Å². The zero-order valence-electron chi connectivity index (χ0n) is 8.16. The van der Waals surface area contributed by atoms with Crippen molar-refractivity contribution in [3.8, 4) is 5.75 Å². The van der Waals surface area contributed by atoms with Crippen molar-refractivity contribution in [2.24, 2.45) is 0 Å². The number of thiol groups is 1. The Balaban J connectivity index is 0.000000671. The van der Waals surface area contributed by atoms with E-state index in [9.17, 15) is 0 Å². The first-order chi connectivity index (χ1) is 6.33. The summed E-state index contributed by atoms with van der Waals surface area (Å²) in [6, 6.07) is 7.32. The molecule has 0 atom stereocenters. The lowest BCUT2D eigenvalue weighted by atomic mass is 10.3. The second-order valence-electron chi connectivity index (χ2n) is 2.14. The van der Waals surface area contributed by atoms with Crippen LogP contribution in [-0.4, -0.2) is 12.4 Å². The van der Waals surface area contributed by atoms with Crippen LogP contribution in [0.2, 0.25) is 0 Å². The molecule has 0 aliphatic rings. The molecule has 3 heteroatoms. The van der Waals surface area contributed by atoms with Crippen molar-refractivity contribution in [1.29, 1.82) is 0 Å². The third-order valence-electron chi connectivity index (χ3n) is 1.24. The lowest BCUT2D eigenvalue weighted by Crippen LogP contribution is -1.97. The normalized spacial score (nSPS) is 8.54. The number of rotatable bonds is 3. The van der Waals surface area contributed by atoms with Crippen LogP contribution in [0.4, 0.5) is 5.69 Å². The molecule has 2 N–H and O–H groups in total. The number of anilines is 1. The molecular formula is C10H17NOS. The van der Waals surface area contributed by atoms with Gasteiger partial charge in [-0.1, -0.05) is 13.8 Å². The minimum atomic E-state index is 0.632. The Morgan fingerprint density at radius 2 is 1.77 bits per heavy atom. The van der Waals surface area contributed by atoms with E-state index in [-0.39, 0.29) is 0 Å². The summed E-state index contributed by atoms with van der Waals surface area (Å²) >= 11 is 4.02. The Hall–Kier alpha value is -0.830. The van der Waals surface area contributed by atoms with Gasteiger partial charge in [-0.25, -0.2) is 0 Å². The first-order valence-corrected chi connectivity index (χ1v) is 5.05. The van der Waals surface area contributed by atoms with Gasteiger partial charge in [0, 0.05) is 11.4 Å². The predicted molar refractivity (Wildman–Crippen MR) is 61.6 cm³/mol. The summed E-state index contributed by atoms with van der Waals surface area (Å²) in [7, 11) is 0. The van der Waals surface area contributed by atoms with Crippen LogP contribution in [0.1, 0.15) is 13.8 Å². The Bertz CT molecular complexity index is 211. The first-order valence-electron chi connectivity index (χ1n) is 4.42. The summed E-state index contributed by atoms with van der Waals surface area (Å²) in [5.41, 5.74) is 6.24. The number of hydrogen-bond acceptors (Lipinski definition) is 3. The fourth-order valence-electron chi connectivity index (χ4n) is 0.728. The number of ether oxygens (including phenoxy) is 1. The zero-order valence-corrected chi connectivity index (χ0v) is 9.05. The van der Waals surface area contributed by atoms with Gasteiger partial charge in [0.15, 0.2) is 0 Å². The molecule has 0 aliphatic heterocycles. The van der Waals surface area contributed by atoms with Crippen molar-refractivity contribution in [2.45, 2.75) is 13.8 Å². The van der Waals surface area contributed by atoms with Crippen molar-refractivity contribution in [1.82, 2.24) is 0 Å². The highest BCUT2D eigenvalue weighted by molar-refractivity contribution is 7.80. The van der Waals surface area contributed by atoms with Crippen LogP contribution in [-0.2, 0) is 0 Å². The van der Waals surface area contributed by atoms with E-state index >= 15 is 0 Å². The zero-order chi connectivity index (χ0) is 10.1. The largest absolute Gasteiger partial charge is 0.493 e. The summed E-state index contributed by atoms with van der Waals surface area (Å²) in [5.74, 6) is 1.57. The van der Waals surface area contributed by atoms with Crippen LogP contribution < -0.4 is 10.5 Å². The summed E-state index contributed by atoms with van der Waals surface area (Å²) in [6.07, 6.45) is 0. The molecule has 0 radical (unpaired) electrons. The molecule has 0 saturated carbocycles. The van der Waals surface area contributed by atoms with Crippen LogP contribution in [0.5, 0.6) is 5.75 Å². The second-order valence-corrected chi connectivity index (χ2v) is 2.59. The Kier molecular flexibility index (Phi) is 7.30. The van der Waals surface area contributed by atoms with E-state index < -0.39 is 0 Å². The summed E-state index contributed by atoms with van der Waals surface area (Å²) in [6.45, 7) is 4.63. The van der Waals surface area contributed by atoms with Gasteiger partial charge in [-0.2, -0.15) is 12.6 Å². The van der Waals surface area contributed by atoms with E-state index in [0.717, 1.165) is 17.2 Å². The van der Waals surface area contributed by atoms with Crippen LogP contribution in [0.25, 0.3) is 0 Å². The molecule has 1 aromatic rings.